The van der Waals surface area contributed by atoms with E-state index in [1.807, 2.05) is 12.1 Å². The highest BCUT2D eigenvalue weighted by Gasteiger charge is 2.23. The lowest BCUT2D eigenvalue weighted by molar-refractivity contribution is 0.325. The average Bonchev–Trinajstić information content (AvgIpc) is 2.44. The van der Waals surface area contributed by atoms with Crippen LogP contribution in [0, 0.1) is 5.41 Å². The molecule has 0 radical (unpaired) electrons. The molecule has 3 heteroatoms. The van der Waals surface area contributed by atoms with Gasteiger partial charge in [0, 0.05) is 18.8 Å². The Morgan fingerprint density at radius 3 is 2.53 bits per heavy atom. The topological polar surface area (TPSA) is 55.3 Å². The molecule has 1 fully saturated rings. The lowest BCUT2D eigenvalue weighted by atomic mass is 9.85. The van der Waals surface area contributed by atoms with Gasteiger partial charge in [0.15, 0.2) is 0 Å². The third kappa shape index (κ3) is 2.84. The quantitative estimate of drug-likeness (QED) is 0.733. The second-order valence-corrected chi connectivity index (χ2v) is 5.82. The summed E-state index contributed by atoms with van der Waals surface area (Å²) in [6.45, 7) is 6.94. The summed E-state index contributed by atoms with van der Waals surface area (Å²) in [5.74, 6) is 0. The summed E-state index contributed by atoms with van der Waals surface area (Å²) in [6, 6.07) is 5.97. The summed E-state index contributed by atoms with van der Waals surface area (Å²) in [4.78, 5) is 2.42. The zero-order chi connectivity index (χ0) is 12.5. The molecule has 0 bridgehead atoms. The molecular formula is C14H23N3. The Morgan fingerprint density at radius 2 is 1.82 bits per heavy atom. The van der Waals surface area contributed by atoms with Crippen molar-refractivity contribution in [2.45, 2.75) is 33.1 Å². The summed E-state index contributed by atoms with van der Waals surface area (Å²) in [7, 11) is 0. The van der Waals surface area contributed by atoms with Gasteiger partial charge in [0.2, 0.25) is 0 Å². The van der Waals surface area contributed by atoms with Crippen LogP contribution >= 0.6 is 0 Å². The highest BCUT2D eigenvalue weighted by molar-refractivity contribution is 5.69. The van der Waals surface area contributed by atoms with Crippen LogP contribution in [0.25, 0.3) is 0 Å². The minimum absolute atomic E-state index is 0.466. The van der Waals surface area contributed by atoms with Crippen LogP contribution in [0.1, 0.15) is 33.1 Å². The third-order valence-electron chi connectivity index (χ3n) is 3.78. The molecule has 1 aromatic rings. The molecule has 3 nitrogen and oxygen atoms in total. The largest absolute Gasteiger partial charge is 0.397 e. The lowest BCUT2D eigenvalue weighted by Gasteiger charge is -2.25. The Labute approximate surface area is 104 Å². The first-order valence-corrected chi connectivity index (χ1v) is 6.38. The summed E-state index contributed by atoms with van der Waals surface area (Å²) in [5.41, 5.74) is 14.6. The van der Waals surface area contributed by atoms with Crippen molar-refractivity contribution in [3.63, 3.8) is 0 Å². The molecule has 17 heavy (non-hydrogen) atoms. The van der Waals surface area contributed by atoms with Crippen molar-refractivity contribution in [2.75, 3.05) is 29.5 Å². The molecule has 0 amide bonds. The van der Waals surface area contributed by atoms with Gasteiger partial charge in [0.1, 0.15) is 0 Å². The van der Waals surface area contributed by atoms with E-state index in [-0.39, 0.29) is 0 Å². The monoisotopic (exact) mass is 233 g/mol. The van der Waals surface area contributed by atoms with Gasteiger partial charge in [-0.25, -0.2) is 0 Å². The van der Waals surface area contributed by atoms with Gasteiger partial charge in [0.05, 0.1) is 11.4 Å². The van der Waals surface area contributed by atoms with E-state index in [9.17, 15) is 0 Å². The minimum atomic E-state index is 0.466. The maximum atomic E-state index is 5.87. The molecule has 1 aliphatic rings. The summed E-state index contributed by atoms with van der Waals surface area (Å²) < 4.78 is 0. The van der Waals surface area contributed by atoms with E-state index in [2.05, 4.69) is 24.8 Å². The van der Waals surface area contributed by atoms with E-state index in [4.69, 9.17) is 11.5 Å². The van der Waals surface area contributed by atoms with E-state index >= 15 is 0 Å². The highest BCUT2D eigenvalue weighted by atomic mass is 15.1. The zero-order valence-electron chi connectivity index (χ0n) is 10.9. The second kappa shape index (κ2) is 4.47. The van der Waals surface area contributed by atoms with E-state index in [1.165, 1.54) is 24.9 Å². The number of nitrogens with zero attached hydrogens (tertiary/aromatic N) is 1. The van der Waals surface area contributed by atoms with Gasteiger partial charge in [-0.15, -0.1) is 0 Å². The maximum absolute atomic E-state index is 5.87. The molecule has 0 aromatic heterocycles. The van der Waals surface area contributed by atoms with Gasteiger partial charge < -0.3 is 16.4 Å². The van der Waals surface area contributed by atoms with Gasteiger partial charge in [0.25, 0.3) is 0 Å². The second-order valence-electron chi connectivity index (χ2n) is 5.82. The number of hydrogen-bond donors (Lipinski definition) is 2. The average molecular weight is 233 g/mol. The number of nitrogens with two attached hydrogens (primary N) is 2. The van der Waals surface area contributed by atoms with Crippen LogP contribution < -0.4 is 16.4 Å². The Hall–Kier alpha value is -1.38. The van der Waals surface area contributed by atoms with Crippen molar-refractivity contribution >= 4 is 17.1 Å². The molecule has 94 valence electrons. The number of hydrogen-bond acceptors (Lipinski definition) is 3. The van der Waals surface area contributed by atoms with Gasteiger partial charge in [-0.2, -0.15) is 0 Å². The SMILES string of the molecule is CC1(C)CCCN(c2ccc(N)c(N)c2)CC1. The predicted octanol–water partition coefficient (Wildman–Crippen LogP) is 2.87. The molecule has 1 saturated heterocycles. The predicted molar refractivity (Wildman–Crippen MR) is 75.1 cm³/mol. The van der Waals surface area contributed by atoms with Crippen LogP contribution in [0.3, 0.4) is 0 Å². The van der Waals surface area contributed by atoms with Gasteiger partial charge in [-0.3, -0.25) is 0 Å². The Kier molecular flexibility index (Phi) is 3.18. The van der Waals surface area contributed by atoms with Crippen molar-refractivity contribution in [3.8, 4) is 0 Å². The Morgan fingerprint density at radius 1 is 1.06 bits per heavy atom. The maximum Gasteiger partial charge on any atom is 0.0568 e. The van der Waals surface area contributed by atoms with Crippen molar-refractivity contribution in [1.29, 1.82) is 0 Å². The van der Waals surface area contributed by atoms with E-state index in [0.29, 0.717) is 16.8 Å². The molecule has 4 N–H and O–H groups in total. The summed E-state index contributed by atoms with van der Waals surface area (Å²) in [6.07, 6.45) is 3.78. The summed E-state index contributed by atoms with van der Waals surface area (Å²) in [5, 5.41) is 0. The molecule has 1 heterocycles. The number of rotatable bonds is 1. The highest BCUT2D eigenvalue weighted by Crippen LogP contribution is 2.32. The van der Waals surface area contributed by atoms with Crippen molar-refractivity contribution in [1.82, 2.24) is 0 Å². The van der Waals surface area contributed by atoms with E-state index in [0.717, 1.165) is 13.1 Å². The number of benzene rings is 1. The standard InChI is InChI=1S/C14H23N3/c1-14(2)6-3-8-17(9-7-14)11-4-5-12(15)13(16)10-11/h4-5,10H,3,6-9,15-16H2,1-2H3. The van der Waals surface area contributed by atoms with Gasteiger partial charge >= 0.3 is 0 Å². The molecule has 1 aliphatic heterocycles. The lowest BCUT2D eigenvalue weighted by Crippen LogP contribution is -2.25. The smallest absolute Gasteiger partial charge is 0.0568 e. The fraction of sp³-hybridized carbons (Fsp3) is 0.571. The van der Waals surface area contributed by atoms with E-state index in [1.54, 1.807) is 0 Å². The molecule has 0 aliphatic carbocycles. The molecule has 0 atom stereocenters. The van der Waals surface area contributed by atoms with Crippen LogP contribution in [-0.2, 0) is 0 Å². The van der Waals surface area contributed by atoms with Gasteiger partial charge in [-0.05, 0) is 42.9 Å². The first-order chi connectivity index (χ1) is 7.98. The van der Waals surface area contributed by atoms with Crippen molar-refractivity contribution < 1.29 is 0 Å². The summed E-state index contributed by atoms with van der Waals surface area (Å²) >= 11 is 0. The fourth-order valence-corrected chi connectivity index (χ4v) is 2.44. The van der Waals surface area contributed by atoms with Crippen LogP contribution in [0.5, 0.6) is 0 Å². The van der Waals surface area contributed by atoms with Crippen LogP contribution in [0.15, 0.2) is 18.2 Å². The number of nitrogen functional groups attached to an aromatic ring is 2. The minimum Gasteiger partial charge on any atom is -0.397 e. The number of anilines is 3. The molecule has 0 unspecified atom stereocenters. The zero-order valence-corrected chi connectivity index (χ0v) is 10.9. The molecule has 0 spiro atoms. The first-order valence-electron chi connectivity index (χ1n) is 6.38. The molecular weight excluding hydrogens is 210 g/mol. The van der Waals surface area contributed by atoms with Crippen molar-refractivity contribution in [2.24, 2.45) is 5.41 Å². The molecule has 0 saturated carbocycles. The van der Waals surface area contributed by atoms with Crippen LogP contribution in [-0.4, -0.2) is 13.1 Å². The van der Waals surface area contributed by atoms with Crippen LogP contribution in [0.2, 0.25) is 0 Å². The molecule has 1 aromatic carbocycles. The van der Waals surface area contributed by atoms with Gasteiger partial charge in [-0.1, -0.05) is 13.8 Å². The van der Waals surface area contributed by atoms with E-state index < -0.39 is 0 Å². The van der Waals surface area contributed by atoms with Crippen molar-refractivity contribution in [3.05, 3.63) is 18.2 Å². The molecule has 2 rings (SSSR count). The Balaban J connectivity index is 2.14. The third-order valence-corrected chi connectivity index (χ3v) is 3.78. The first kappa shape index (κ1) is 12.1. The Bertz CT molecular complexity index is 398. The normalized spacial score (nSPS) is 20.0. The van der Waals surface area contributed by atoms with Crippen LogP contribution in [0.4, 0.5) is 17.1 Å². The fourth-order valence-electron chi connectivity index (χ4n) is 2.44.